The van der Waals surface area contributed by atoms with Gasteiger partial charge in [0.25, 0.3) is 0 Å². The number of carbonyl (C=O) groups excluding carboxylic acids is 2. The van der Waals surface area contributed by atoms with Gasteiger partial charge in [0.05, 0.1) is 13.2 Å². The first kappa shape index (κ1) is 23.6. The van der Waals surface area contributed by atoms with E-state index in [-0.39, 0.29) is 36.1 Å². The molecule has 27 heavy (non-hydrogen) atoms. The van der Waals surface area contributed by atoms with Crippen LogP contribution in [-0.4, -0.2) is 41.8 Å². The van der Waals surface area contributed by atoms with E-state index in [9.17, 15) is 19.8 Å². The zero-order valence-corrected chi connectivity index (χ0v) is 16.8. The molecule has 0 bridgehead atoms. The van der Waals surface area contributed by atoms with E-state index in [1.54, 1.807) is 6.08 Å². The second kappa shape index (κ2) is 13.7. The molecule has 0 aliphatic heterocycles. The lowest BCUT2D eigenvalue weighted by atomic mass is 9.86. The summed E-state index contributed by atoms with van der Waals surface area (Å²) in [5.41, 5.74) is 0. The first-order chi connectivity index (χ1) is 13.0. The number of allylic oxidation sites excluding steroid dienone is 4. The Morgan fingerprint density at radius 2 is 1.93 bits per heavy atom. The van der Waals surface area contributed by atoms with E-state index >= 15 is 0 Å². The van der Waals surface area contributed by atoms with Gasteiger partial charge < -0.3 is 14.9 Å². The van der Waals surface area contributed by atoms with Crippen molar-refractivity contribution in [2.75, 3.05) is 13.7 Å². The lowest BCUT2D eigenvalue weighted by Gasteiger charge is -2.20. The number of hydrogen-bond acceptors (Lipinski definition) is 5. The van der Waals surface area contributed by atoms with Crippen molar-refractivity contribution >= 4 is 11.8 Å². The molecule has 0 spiro atoms. The van der Waals surface area contributed by atoms with Gasteiger partial charge in [-0.3, -0.25) is 9.59 Å². The highest BCUT2D eigenvalue weighted by atomic mass is 16.5. The third-order valence-corrected chi connectivity index (χ3v) is 5.40. The molecule has 0 heterocycles. The van der Waals surface area contributed by atoms with Crippen LogP contribution in [0.3, 0.4) is 0 Å². The van der Waals surface area contributed by atoms with E-state index in [4.69, 9.17) is 0 Å². The number of rotatable bonds is 13. The maximum atomic E-state index is 12.0. The first-order valence-corrected chi connectivity index (χ1v) is 10.2. The summed E-state index contributed by atoms with van der Waals surface area (Å²) in [7, 11) is 1.39. The summed E-state index contributed by atoms with van der Waals surface area (Å²) < 4.78 is 4.61. The van der Waals surface area contributed by atoms with Crippen LogP contribution < -0.4 is 0 Å². The van der Waals surface area contributed by atoms with Gasteiger partial charge in [0.15, 0.2) is 5.78 Å². The predicted molar refractivity (Wildman–Crippen MR) is 106 cm³/mol. The number of hydrogen-bond donors (Lipinski definition) is 2. The topological polar surface area (TPSA) is 83.8 Å². The molecule has 5 heteroatoms. The van der Waals surface area contributed by atoms with Crippen LogP contribution in [0.5, 0.6) is 0 Å². The highest BCUT2D eigenvalue weighted by molar-refractivity contribution is 5.89. The Balaban J connectivity index is 2.53. The van der Waals surface area contributed by atoms with Crippen LogP contribution in [0.15, 0.2) is 24.3 Å². The molecule has 1 rings (SSSR count). The predicted octanol–water partition coefficient (Wildman–Crippen LogP) is 3.59. The number of carbonyl (C=O) groups is 2. The highest BCUT2D eigenvalue weighted by Gasteiger charge is 2.39. The van der Waals surface area contributed by atoms with E-state index in [2.05, 4.69) is 11.7 Å². The first-order valence-electron chi connectivity index (χ1n) is 10.2. The van der Waals surface area contributed by atoms with Gasteiger partial charge in [-0.1, -0.05) is 38.0 Å². The summed E-state index contributed by atoms with van der Waals surface area (Å²) in [6, 6.07) is 0. The third kappa shape index (κ3) is 8.85. The molecule has 0 aromatic rings. The molecule has 0 radical (unpaired) electrons. The molecule has 1 aliphatic carbocycles. The molecule has 1 saturated carbocycles. The summed E-state index contributed by atoms with van der Waals surface area (Å²) >= 11 is 0. The SMILES string of the molecule is CCCCCC(=O)/C=C/[C@H]1[C@H](CO)C[C@@H](O)[C@@H]1C/C=C\CCCC(=O)OC. The molecule has 1 fully saturated rings. The van der Waals surface area contributed by atoms with Crippen LogP contribution in [0.25, 0.3) is 0 Å². The van der Waals surface area contributed by atoms with Crippen LogP contribution in [-0.2, 0) is 14.3 Å². The van der Waals surface area contributed by atoms with E-state index in [0.717, 1.165) is 32.1 Å². The molecular formula is C22H36O5. The Bertz CT molecular complexity index is 497. The summed E-state index contributed by atoms with van der Waals surface area (Å²) in [4.78, 5) is 23.1. The zero-order chi connectivity index (χ0) is 20.1. The van der Waals surface area contributed by atoms with E-state index < -0.39 is 6.10 Å². The smallest absolute Gasteiger partial charge is 0.305 e. The Labute approximate surface area is 163 Å². The Morgan fingerprint density at radius 1 is 1.15 bits per heavy atom. The zero-order valence-electron chi connectivity index (χ0n) is 16.8. The number of ether oxygens (including phenoxy) is 1. The molecule has 154 valence electrons. The Hall–Kier alpha value is -1.46. The number of unbranched alkanes of at least 4 members (excludes halogenated alkanes) is 3. The second-order valence-corrected chi connectivity index (χ2v) is 7.44. The van der Waals surface area contributed by atoms with E-state index in [0.29, 0.717) is 25.7 Å². The summed E-state index contributed by atoms with van der Waals surface area (Å²) in [5, 5.41) is 20.0. The van der Waals surface area contributed by atoms with Crippen LogP contribution in [0.1, 0.15) is 64.7 Å². The van der Waals surface area contributed by atoms with E-state index in [1.807, 2.05) is 18.2 Å². The fourth-order valence-electron chi connectivity index (χ4n) is 3.75. The quantitative estimate of drug-likeness (QED) is 0.221. The fourth-order valence-corrected chi connectivity index (χ4v) is 3.75. The maximum Gasteiger partial charge on any atom is 0.305 e. The van der Waals surface area contributed by atoms with Gasteiger partial charge in [-0.05, 0) is 55.9 Å². The van der Waals surface area contributed by atoms with Crippen LogP contribution in [0, 0.1) is 17.8 Å². The highest BCUT2D eigenvalue weighted by Crippen LogP contribution is 2.40. The van der Waals surface area contributed by atoms with Gasteiger partial charge in [-0.2, -0.15) is 0 Å². The van der Waals surface area contributed by atoms with Gasteiger partial charge in [0, 0.05) is 19.4 Å². The number of esters is 1. The lowest BCUT2D eigenvalue weighted by Crippen LogP contribution is -2.19. The van der Waals surface area contributed by atoms with Crippen molar-refractivity contribution in [1.82, 2.24) is 0 Å². The number of aliphatic hydroxyl groups is 2. The molecule has 0 aromatic carbocycles. The van der Waals surface area contributed by atoms with Crippen molar-refractivity contribution in [3.63, 3.8) is 0 Å². The van der Waals surface area contributed by atoms with Gasteiger partial charge in [0.1, 0.15) is 0 Å². The van der Waals surface area contributed by atoms with Crippen molar-refractivity contribution in [1.29, 1.82) is 0 Å². The van der Waals surface area contributed by atoms with Crippen LogP contribution >= 0.6 is 0 Å². The minimum atomic E-state index is -0.466. The molecule has 0 unspecified atom stereocenters. The number of aliphatic hydroxyl groups excluding tert-OH is 2. The Kier molecular flexibility index (Phi) is 11.9. The summed E-state index contributed by atoms with van der Waals surface area (Å²) in [6.45, 7) is 2.13. The maximum absolute atomic E-state index is 12.0. The van der Waals surface area contributed by atoms with Crippen molar-refractivity contribution in [2.45, 2.75) is 70.8 Å². The monoisotopic (exact) mass is 380 g/mol. The summed E-state index contributed by atoms with van der Waals surface area (Å²) in [6.07, 6.45) is 14.0. The lowest BCUT2D eigenvalue weighted by molar-refractivity contribution is -0.140. The van der Waals surface area contributed by atoms with Crippen molar-refractivity contribution in [2.24, 2.45) is 17.8 Å². The second-order valence-electron chi connectivity index (χ2n) is 7.44. The van der Waals surface area contributed by atoms with Gasteiger partial charge in [0.2, 0.25) is 0 Å². The van der Waals surface area contributed by atoms with Crippen molar-refractivity contribution < 1.29 is 24.5 Å². The molecule has 0 saturated heterocycles. The van der Waals surface area contributed by atoms with Gasteiger partial charge >= 0.3 is 5.97 Å². The molecule has 2 N–H and O–H groups in total. The van der Waals surface area contributed by atoms with Crippen molar-refractivity contribution in [3.8, 4) is 0 Å². The molecule has 1 aliphatic rings. The number of ketones is 1. The minimum Gasteiger partial charge on any atom is -0.469 e. The van der Waals surface area contributed by atoms with Gasteiger partial charge in [-0.15, -0.1) is 0 Å². The third-order valence-electron chi connectivity index (χ3n) is 5.40. The standard InChI is InChI=1S/C22H36O5/c1-3-4-7-10-18(24)13-14-19-17(16-23)15-21(25)20(19)11-8-5-6-9-12-22(26)27-2/h5,8,13-14,17,19-21,23,25H,3-4,6-7,9-12,15-16H2,1-2H3/b8-5-,14-13+/t17-,19-,20+,21+/m0/s1. The largest absolute Gasteiger partial charge is 0.469 e. The summed E-state index contributed by atoms with van der Waals surface area (Å²) in [5.74, 6) is -0.0520. The Morgan fingerprint density at radius 3 is 2.59 bits per heavy atom. The molecule has 0 amide bonds. The van der Waals surface area contributed by atoms with Crippen LogP contribution in [0.4, 0.5) is 0 Å². The molecule has 4 atom stereocenters. The molecule has 0 aromatic heterocycles. The van der Waals surface area contributed by atoms with Crippen molar-refractivity contribution in [3.05, 3.63) is 24.3 Å². The van der Waals surface area contributed by atoms with E-state index in [1.165, 1.54) is 7.11 Å². The number of methoxy groups -OCH3 is 1. The normalized spacial score (nSPS) is 25.5. The average molecular weight is 381 g/mol. The van der Waals surface area contributed by atoms with Crippen LogP contribution in [0.2, 0.25) is 0 Å². The molecular weight excluding hydrogens is 344 g/mol. The average Bonchev–Trinajstić information content (AvgIpc) is 2.97. The fraction of sp³-hybridized carbons (Fsp3) is 0.727. The molecule has 5 nitrogen and oxygen atoms in total. The van der Waals surface area contributed by atoms with Gasteiger partial charge in [-0.25, -0.2) is 0 Å². The minimum absolute atomic E-state index is 0.00239.